The van der Waals surface area contributed by atoms with Crippen LogP contribution in [0, 0.1) is 5.92 Å². The summed E-state index contributed by atoms with van der Waals surface area (Å²) in [4.78, 5) is 25.2. The molecule has 1 fully saturated rings. The van der Waals surface area contributed by atoms with E-state index in [2.05, 4.69) is 5.32 Å². The summed E-state index contributed by atoms with van der Waals surface area (Å²) in [5, 5.41) is 14.8. The van der Waals surface area contributed by atoms with Crippen LogP contribution in [0.3, 0.4) is 0 Å². The molecule has 2 aromatic carbocycles. The number of nitrogens with one attached hydrogen (secondary N) is 2. The Morgan fingerprint density at radius 2 is 1.76 bits per heavy atom. The predicted molar refractivity (Wildman–Crippen MR) is 119 cm³/mol. The number of ketones is 1. The second-order valence-corrected chi connectivity index (χ2v) is 8.25. The van der Waals surface area contributed by atoms with Crippen LogP contribution in [0.1, 0.15) is 16.1 Å². The summed E-state index contributed by atoms with van der Waals surface area (Å²) in [5.41, 5.74) is -3.90. The minimum atomic E-state index is -5.37. The SMILES string of the molecule is O=C1N/C(=C\c2ccc(-c3ccc(Cl)c(Cl)c3)o2)C(C(=O)c2ccccc2)C(O)(C(F)(F)F)N1. The van der Waals surface area contributed by atoms with Crippen LogP contribution in [-0.4, -0.2) is 28.8 Å². The van der Waals surface area contributed by atoms with Crippen molar-refractivity contribution in [3.8, 4) is 11.3 Å². The molecule has 1 aromatic heterocycles. The molecule has 11 heteroatoms. The minimum Gasteiger partial charge on any atom is -0.457 e. The molecule has 0 spiro atoms. The van der Waals surface area contributed by atoms with Gasteiger partial charge in [0.05, 0.1) is 10.0 Å². The fourth-order valence-corrected chi connectivity index (χ4v) is 3.85. The van der Waals surface area contributed by atoms with Crippen LogP contribution >= 0.6 is 23.2 Å². The monoisotopic (exact) mass is 510 g/mol. The molecule has 4 rings (SSSR count). The maximum atomic E-state index is 13.9. The van der Waals surface area contributed by atoms with Crippen LogP contribution in [0.4, 0.5) is 18.0 Å². The molecule has 0 saturated carbocycles. The fourth-order valence-electron chi connectivity index (χ4n) is 3.55. The standard InChI is InChI=1S/C23H15Cl2F3N2O4/c24-15-8-6-13(10-16(15)25)18-9-7-14(34-18)11-17-19(20(31)12-4-2-1-3-5-12)22(33,23(26,27)28)30-21(32)29-17/h1-11,19,33H,(H2,29,30,32)/b17-11-. The van der Waals surface area contributed by atoms with E-state index in [9.17, 15) is 27.9 Å². The highest BCUT2D eigenvalue weighted by molar-refractivity contribution is 6.42. The summed E-state index contributed by atoms with van der Waals surface area (Å²) >= 11 is 11.9. The summed E-state index contributed by atoms with van der Waals surface area (Å²) in [5.74, 6) is -2.96. The molecule has 2 atom stereocenters. The summed E-state index contributed by atoms with van der Waals surface area (Å²) in [6.45, 7) is 0. The van der Waals surface area contributed by atoms with Gasteiger partial charge >= 0.3 is 12.2 Å². The molecule has 0 radical (unpaired) electrons. The molecule has 6 nitrogen and oxygen atoms in total. The lowest BCUT2D eigenvalue weighted by Gasteiger charge is -2.41. The first-order valence-corrected chi connectivity index (χ1v) is 10.5. The second kappa shape index (κ2) is 8.83. The molecule has 3 aromatic rings. The zero-order valence-corrected chi connectivity index (χ0v) is 18.5. The highest BCUT2D eigenvalue weighted by Crippen LogP contribution is 2.41. The van der Waals surface area contributed by atoms with E-state index in [0.717, 1.165) is 6.08 Å². The molecule has 2 heterocycles. The third kappa shape index (κ3) is 4.42. The zero-order chi connectivity index (χ0) is 24.7. The maximum Gasteiger partial charge on any atom is 0.437 e. The van der Waals surface area contributed by atoms with Gasteiger partial charge in [0, 0.05) is 22.9 Å². The van der Waals surface area contributed by atoms with Crippen molar-refractivity contribution in [3.63, 3.8) is 0 Å². The highest BCUT2D eigenvalue weighted by Gasteiger charge is 2.65. The predicted octanol–water partition coefficient (Wildman–Crippen LogP) is 5.66. The van der Waals surface area contributed by atoms with E-state index in [4.69, 9.17) is 27.6 Å². The van der Waals surface area contributed by atoms with Gasteiger partial charge in [0.1, 0.15) is 17.4 Å². The lowest BCUT2D eigenvalue weighted by atomic mass is 9.82. The average molecular weight is 511 g/mol. The first-order valence-electron chi connectivity index (χ1n) is 9.74. The van der Waals surface area contributed by atoms with Gasteiger partial charge in [0.2, 0.25) is 0 Å². The number of carbonyl (C=O) groups excluding carboxylic acids is 2. The van der Waals surface area contributed by atoms with E-state index in [0.29, 0.717) is 16.3 Å². The van der Waals surface area contributed by atoms with Gasteiger partial charge in [-0.2, -0.15) is 13.2 Å². The lowest BCUT2D eigenvalue weighted by molar-refractivity contribution is -0.279. The summed E-state index contributed by atoms with van der Waals surface area (Å²) in [6.07, 6.45) is -4.31. The Hall–Kier alpha value is -3.27. The van der Waals surface area contributed by atoms with Gasteiger partial charge in [-0.3, -0.25) is 4.79 Å². The maximum absolute atomic E-state index is 13.9. The van der Waals surface area contributed by atoms with Gasteiger partial charge < -0.3 is 20.2 Å². The summed E-state index contributed by atoms with van der Waals surface area (Å²) < 4.78 is 47.4. The Balaban J connectivity index is 1.79. The van der Waals surface area contributed by atoms with E-state index in [-0.39, 0.29) is 16.3 Å². The van der Waals surface area contributed by atoms with Crippen LogP contribution in [0.2, 0.25) is 10.0 Å². The number of hydrogen-bond donors (Lipinski definition) is 3. The van der Waals surface area contributed by atoms with Crippen molar-refractivity contribution in [1.82, 2.24) is 10.6 Å². The van der Waals surface area contributed by atoms with Crippen molar-refractivity contribution in [2.45, 2.75) is 11.9 Å². The third-order valence-corrected chi connectivity index (χ3v) is 5.91. The Bertz CT molecular complexity index is 1290. The Morgan fingerprint density at radius 1 is 1.06 bits per heavy atom. The number of hydrogen-bond acceptors (Lipinski definition) is 4. The van der Waals surface area contributed by atoms with Crippen LogP contribution in [0.5, 0.6) is 0 Å². The molecule has 2 amide bonds. The molecule has 3 N–H and O–H groups in total. The molecule has 2 unspecified atom stereocenters. The van der Waals surface area contributed by atoms with Crippen molar-refractivity contribution < 1.29 is 32.3 Å². The molecule has 34 heavy (non-hydrogen) atoms. The largest absolute Gasteiger partial charge is 0.457 e. The van der Waals surface area contributed by atoms with E-state index >= 15 is 0 Å². The number of urea groups is 1. The molecular weight excluding hydrogens is 496 g/mol. The van der Waals surface area contributed by atoms with E-state index in [1.54, 1.807) is 18.2 Å². The first kappa shape index (κ1) is 23.9. The highest BCUT2D eigenvalue weighted by atomic mass is 35.5. The van der Waals surface area contributed by atoms with Crippen LogP contribution in [0.15, 0.2) is 70.8 Å². The number of alkyl halides is 3. The van der Waals surface area contributed by atoms with Gasteiger partial charge in [-0.05, 0) is 30.3 Å². The Morgan fingerprint density at radius 3 is 2.41 bits per heavy atom. The van der Waals surface area contributed by atoms with Gasteiger partial charge in [-0.25, -0.2) is 4.79 Å². The molecule has 1 aliphatic heterocycles. The number of benzene rings is 2. The zero-order valence-electron chi connectivity index (χ0n) is 17.0. The number of carbonyl (C=O) groups is 2. The quantitative estimate of drug-likeness (QED) is 0.395. The van der Waals surface area contributed by atoms with E-state index in [1.807, 2.05) is 0 Å². The number of halogens is 5. The van der Waals surface area contributed by atoms with Crippen molar-refractivity contribution in [1.29, 1.82) is 0 Å². The molecule has 1 saturated heterocycles. The van der Waals surface area contributed by atoms with Crippen LogP contribution < -0.4 is 10.6 Å². The molecular formula is C23H15Cl2F3N2O4. The van der Waals surface area contributed by atoms with Gasteiger partial charge in [0.25, 0.3) is 5.72 Å². The summed E-state index contributed by atoms with van der Waals surface area (Å²) in [7, 11) is 0. The lowest BCUT2D eigenvalue weighted by Crippen LogP contribution is -2.71. The van der Waals surface area contributed by atoms with E-state index < -0.39 is 35.3 Å². The minimum absolute atomic E-state index is 0.0219. The van der Waals surface area contributed by atoms with Crippen molar-refractivity contribution in [2.24, 2.45) is 5.92 Å². The molecule has 0 aliphatic carbocycles. The molecule has 0 bridgehead atoms. The van der Waals surface area contributed by atoms with Gasteiger partial charge in [-0.1, -0.05) is 53.5 Å². The summed E-state index contributed by atoms with van der Waals surface area (Å²) in [6, 6.07) is 13.5. The topological polar surface area (TPSA) is 91.6 Å². The number of aliphatic hydroxyl groups is 1. The fraction of sp³-hybridized carbons (Fsp3) is 0.130. The third-order valence-electron chi connectivity index (χ3n) is 5.17. The number of furan rings is 1. The van der Waals surface area contributed by atoms with Crippen molar-refractivity contribution in [2.75, 3.05) is 0 Å². The molecule has 176 valence electrons. The smallest absolute Gasteiger partial charge is 0.437 e. The van der Waals surface area contributed by atoms with Crippen LogP contribution in [0.25, 0.3) is 17.4 Å². The van der Waals surface area contributed by atoms with Crippen LogP contribution in [-0.2, 0) is 0 Å². The van der Waals surface area contributed by atoms with Crippen molar-refractivity contribution >= 4 is 41.1 Å². The Labute approximate surface area is 201 Å². The normalized spacial score (nSPS) is 21.8. The number of rotatable bonds is 4. The second-order valence-electron chi connectivity index (χ2n) is 7.44. The van der Waals surface area contributed by atoms with Gasteiger partial charge in [0.15, 0.2) is 5.78 Å². The van der Waals surface area contributed by atoms with Gasteiger partial charge in [-0.15, -0.1) is 0 Å². The number of Topliss-reactive ketones (excluding diaryl/α,β-unsaturated/α-hetero) is 1. The molecule has 1 aliphatic rings. The Kier molecular flexibility index (Phi) is 6.20. The first-order chi connectivity index (χ1) is 16.0. The van der Waals surface area contributed by atoms with Crippen molar-refractivity contribution in [3.05, 3.63) is 87.7 Å². The van der Waals surface area contributed by atoms with E-state index in [1.165, 1.54) is 47.8 Å². The number of amides is 2. The average Bonchev–Trinajstić information content (AvgIpc) is 3.23.